The van der Waals surface area contributed by atoms with E-state index in [1.807, 2.05) is 12.1 Å². The molecule has 0 spiro atoms. The molecule has 2 aromatic carbocycles. The maximum absolute atomic E-state index is 13.9. The highest BCUT2D eigenvalue weighted by molar-refractivity contribution is 5.97. The largest absolute Gasteiger partial charge is 0.490 e. The van der Waals surface area contributed by atoms with Crippen molar-refractivity contribution < 1.29 is 13.9 Å². The summed E-state index contributed by atoms with van der Waals surface area (Å²) in [4.78, 5) is 12.5. The first-order valence-corrected chi connectivity index (χ1v) is 8.21. The minimum Gasteiger partial charge on any atom is -0.490 e. The predicted octanol–water partition coefficient (Wildman–Crippen LogP) is 2.84. The highest BCUT2D eigenvalue weighted by atomic mass is 19.1. The molecule has 0 fully saturated rings. The lowest BCUT2D eigenvalue weighted by molar-refractivity contribution is 0.0944. The van der Waals surface area contributed by atoms with Gasteiger partial charge in [0.2, 0.25) is 0 Å². The molecular weight excluding hydrogens is 307 g/mol. The van der Waals surface area contributed by atoms with Gasteiger partial charge in [0.25, 0.3) is 5.91 Å². The number of para-hydroxylation sites is 1. The summed E-state index contributed by atoms with van der Waals surface area (Å²) in [5, 5.41) is 6.30. The van der Waals surface area contributed by atoms with E-state index in [0.717, 1.165) is 13.0 Å². The lowest BCUT2D eigenvalue weighted by Gasteiger charge is -2.27. The van der Waals surface area contributed by atoms with Gasteiger partial charge in [-0.05, 0) is 43.1 Å². The van der Waals surface area contributed by atoms with Crippen molar-refractivity contribution in [3.8, 4) is 5.75 Å². The van der Waals surface area contributed by atoms with Gasteiger partial charge in [-0.25, -0.2) is 4.39 Å². The SMILES string of the molecule is CCOc1c(F)cccc1C(=O)NCC1NCCc2ccccc21. The van der Waals surface area contributed by atoms with Gasteiger partial charge in [0.1, 0.15) is 0 Å². The molecule has 1 atom stereocenters. The number of halogens is 1. The number of ether oxygens (including phenoxy) is 1. The summed E-state index contributed by atoms with van der Waals surface area (Å²) in [6.45, 7) is 3.38. The van der Waals surface area contributed by atoms with Crippen LogP contribution in [-0.2, 0) is 6.42 Å². The van der Waals surface area contributed by atoms with Crippen LogP contribution in [0.3, 0.4) is 0 Å². The van der Waals surface area contributed by atoms with Crippen molar-refractivity contribution in [1.82, 2.24) is 10.6 Å². The molecule has 4 nitrogen and oxygen atoms in total. The minimum absolute atomic E-state index is 0.00880. The Bertz CT molecular complexity index is 733. The van der Waals surface area contributed by atoms with Gasteiger partial charge in [-0.15, -0.1) is 0 Å². The van der Waals surface area contributed by atoms with E-state index < -0.39 is 5.82 Å². The van der Waals surface area contributed by atoms with Crippen molar-refractivity contribution in [2.75, 3.05) is 19.7 Å². The summed E-state index contributed by atoms with van der Waals surface area (Å²) in [5.74, 6) is -0.844. The van der Waals surface area contributed by atoms with Gasteiger partial charge in [0, 0.05) is 12.6 Å². The zero-order chi connectivity index (χ0) is 16.9. The molecular formula is C19H21FN2O2. The van der Waals surface area contributed by atoms with E-state index in [-0.39, 0.29) is 23.3 Å². The van der Waals surface area contributed by atoms with Gasteiger partial charge in [-0.1, -0.05) is 30.3 Å². The Morgan fingerprint density at radius 1 is 1.29 bits per heavy atom. The van der Waals surface area contributed by atoms with Gasteiger partial charge in [0.15, 0.2) is 11.6 Å². The number of hydrogen-bond acceptors (Lipinski definition) is 3. The summed E-state index contributed by atoms with van der Waals surface area (Å²) in [7, 11) is 0. The zero-order valence-electron chi connectivity index (χ0n) is 13.6. The third-order valence-electron chi connectivity index (χ3n) is 4.18. The van der Waals surface area contributed by atoms with Crippen LogP contribution >= 0.6 is 0 Å². The first-order chi connectivity index (χ1) is 11.7. The molecule has 1 aliphatic rings. The number of rotatable bonds is 5. The van der Waals surface area contributed by atoms with Crippen molar-refractivity contribution in [3.05, 3.63) is 65.0 Å². The molecule has 1 unspecified atom stereocenters. The molecule has 2 N–H and O–H groups in total. The smallest absolute Gasteiger partial charge is 0.255 e. The molecule has 0 saturated heterocycles. The van der Waals surface area contributed by atoms with Crippen molar-refractivity contribution in [3.63, 3.8) is 0 Å². The standard InChI is InChI=1S/C19H21FN2O2/c1-2-24-18-15(8-5-9-16(18)20)19(23)22-12-17-14-7-4-3-6-13(14)10-11-21-17/h3-9,17,21H,2,10-12H2,1H3,(H,22,23). The molecule has 24 heavy (non-hydrogen) atoms. The van der Waals surface area contributed by atoms with Crippen LogP contribution in [0.25, 0.3) is 0 Å². The summed E-state index contributed by atoms with van der Waals surface area (Å²) < 4.78 is 19.2. The Morgan fingerprint density at radius 3 is 2.96 bits per heavy atom. The van der Waals surface area contributed by atoms with E-state index in [1.165, 1.54) is 23.3 Å². The average Bonchev–Trinajstić information content (AvgIpc) is 2.61. The van der Waals surface area contributed by atoms with Gasteiger partial charge >= 0.3 is 0 Å². The lowest BCUT2D eigenvalue weighted by Crippen LogP contribution is -2.39. The molecule has 2 aromatic rings. The zero-order valence-corrected chi connectivity index (χ0v) is 13.6. The Hall–Kier alpha value is -2.40. The topological polar surface area (TPSA) is 50.4 Å². The Morgan fingerprint density at radius 2 is 2.12 bits per heavy atom. The van der Waals surface area contributed by atoms with Crippen LogP contribution in [0.5, 0.6) is 5.75 Å². The average molecular weight is 328 g/mol. The Labute approximate surface area is 141 Å². The minimum atomic E-state index is -0.523. The normalized spacial score (nSPS) is 16.3. The van der Waals surface area contributed by atoms with E-state index in [2.05, 4.69) is 22.8 Å². The van der Waals surface area contributed by atoms with Crippen LogP contribution in [0.15, 0.2) is 42.5 Å². The van der Waals surface area contributed by atoms with E-state index >= 15 is 0 Å². The number of hydrogen-bond donors (Lipinski definition) is 2. The number of benzene rings is 2. The molecule has 126 valence electrons. The second-order valence-corrected chi connectivity index (χ2v) is 5.72. The van der Waals surface area contributed by atoms with Crippen molar-refractivity contribution in [1.29, 1.82) is 0 Å². The third-order valence-corrected chi connectivity index (χ3v) is 4.18. The second kappa shape index (κ2) is 7.45. The number of amides is 1. The fourth-order valence-corrected chi connectivity index (χ4v) is 3.04. The predicted molar refractivity (Wildman–Crippen MR) is 90.8 cm³/mol. The Kier molecular flexibility index (Phi) is 5.11. The van der Waals surface area contributed by atoms with E-state index in [4.69, 9.17) is 4.74 Å². The molecule has 0 aliphatic carbocycles. The Balaban J connectivity index is 1.72. The van der Waals surface area contributed by atoms with Crippen LogP contribution in [0.2, 0.25) is 0 Å². The fraction of sp³-hybridized carbons (Fsp3) is 0.316. The summed E-state index contributed by atoms with van der Waals surface area (Å²) in [6.07, 6.45) is 0.985. The fourth-order valence-electron chi connectivity index (χ4n) is 3.04. The first kappa shape index (κ1) is 16.5. The molecule has 0 bridgehead atoms. The van der Waals surface area contributed by atoms with E-state index in [9.17, 15) is 9.18 Å². The van der Waals surface area contributed by atoms with Gasteiger partial charge in [-0.2, -0.15) is 0 Å². The molecule has 1 heterocycles. The molecule has 1 amide bonds. The lowest BCUT2D eigenvalue weighted by atomic mass is 9.94. The summed E-state index contributed by atoms with van der Waals surface area (Å²) >= 11 is 0. The maximum Gasteiger partial charge on any atom is 0.255 e. The first-order valence-electron chi connectivity index (χ1n) is 8.21. The van der Waals surface area contributed by atoms with Crippen LogP contribution in [0, 0.1) is 5.82 Å². The van der Waals surface area contributed by atoms with Crippen molar-refractivity contribution in [2.24, 2.45) is 0 Å². The van der Waals surface area contributed by atoms with Crippen LogP contribution in [0.1, 0.15) is 34.5 Å². The van der Waals surface area contributed by atoms with Gasteiger partial charge in [0.05, 0.1) is 12.2 Å². The number of carbonyl (C=O) groups is 1. The summed E-state index contributed by atoms with van der Waals surface area (Å²) in [5.41, 5.74) is 2.73. The maximum atomic E-state index is 13.9. The highest BCUT2D eigenvalue weighted by Crippen LogP contribution is 2.24. The molecule has 0 aromatic heterocycles. The van der Waals surface area contributed by atoms with Gasteiger partial charge in [-0.3, -0.25) is 4.79 Å². The highest BCUT2D eigenvalue weighted by Gasteiger charge is 2.21. The van der Waals surface area contributed by atoms with E-state index in [1.54, 1.807) is 13.0 Å². The molecule has 1 aliphatic heterocycles. The van der Waals surface area contributed by atoms with Crippen LogP contribution in [-0.4, -0.2) is 25.6 Å². The van der Waals surface area contributed by atoms with Gasteiger partial charge < -0.3 is 15.4 Å². The van der Waals surface area contributed by atoms with Crippen molar-refractivity contribution >= 4 is 5.91 Å². The number of nitrogens with one attached hydrogen (secondary N) is 2. The molecule has 0 radical (unpaired) electrons. The molecule has 5 heteroatoms. The van der Waals surface area contributed by atoms with Crippen LogP contribution in [0.4, 0.5) is 4.39 Å². The number of carbonyl (C=O) groups excluding carboxylic acids is 1. The monoisotopic (exact) mass is 328 g/mol. The molecule has 0 saturated carbocycles. The number of fused-ring (bicyclic) bond motifs is 1. The summed E-state index contributed by atoms with van der Waals surface area (Å²) in [6, 6.07) is 12.7. The quantitative estimate of drug-likeness (QED) is 0.887. The van der Waals surface area contributed by atoms with E-state index in [0.29, 0.717) is 13.2 Å². The van der Waals surface area contributed by atoms with Crippen LogP contribution < -0.4 is 15.4 Å². The second-order valence-electron chi connectivity index (χ2n) is 5.72. The third kappa shape index (κ3) is 3.41. The van der Waals surface area contributed by atoms with Crippen molar-refractivity contribution in [2.45, 2.75) is 19.4 Å². The molecule has 3 rings (SSSR count).